The first-order chi connectivity index (χ1) is 9.31. The summed E-state index contributed by atoms with van der Waals surface area (Å²) in [7, 11) is 0. The number of aromatic nitrogens is 2. The van der Waals surface area contributed by atoms with Gasteiger partial charge in [0.15, 0.2) is 5.69 Å². The molecule has 1 aromatic rings. The minimum absolute atomic E-state index is 0.0106. The summed E-state index contributed by atoms with van der Waals surface area (Å²) in [6.45, 7) is 4.65. The van der Waals surface area contributed by atoms with E-state index in [2.05, 4.69) is 22.4 Å². The molecule has 1 aliphatic heterocycles. The Labute approximate surface area is 114 Å². The maximum Gasteiger partial charge on any atom is 0.274 e. The van der Waals surface area contributed by atoms with Crippen molar-refractivity contribution in [3.05, 3.63) is 17.8 Å². The van der Waals surface area contributed by atoms with E-state index in [4.69, 9.17) is 0 Å². The van der Waals surface area contributed by atoms with E-state index in [1.165, 1.54) is 12.8 Å². The van der Waals surface area contributed by atoms with E-state index in [0.717, 1.165) is 44.7 Å². The van der Waals surface area contributed by atoms with Crippen molar-refractivity contribution >= 4 is 11.7 Å². The maximum absolute atomic E-state index is 12.3. The van der Waals surface area contributed by atoms with Crippen molar-refractivity contribution in [1.82, 2.24) is 15.1 Å². The van der Waals surface area contributed by atoms with E-state index in [1.807, 2.05) is 11.0 Å². The predicted octanol–water partition coefficient (Wildman–Crippen LogP) is 2.31. The SMILES string of the molecule is CCCNc1ccc(C(=O)N2CCCCCC2)nn1. The molecule has 1 N–H and O–H groups in total. The van der Waals surface area contributed by atoms with Crippen molar-refractivity contribution in [3.8, 4) is 0 Å². The van der Waals surface area contributed by atoms with Gasteiger partial charge in [0.05, 0.1) is 0 Å². The average molecular weight is 262 g/mol. The third-order valence-electron chi connectivity index (χ3n) is 3.33. The molecule has 0 bridgehead atoms. The van der Waals surface area contributed by atoms with Crippen LogP contribution >= 0.6 is 0 Å². The van der Waals surface area contributed by atoms with Gasteiger partial charge >= 0.3 is 0 Å². The second-order valence-corrected chi connectivity index (χ2v) is 4.94. The smallest absolute Gasteiger partial charge is 0.274 e. The molecule has 0 unspecified atom stereocenters. The molecule has 0 radical (unpaired) electrons. The lowest BCUT2D eigenvalue weighted by Crippen LogP contribution is -2.32. The third kappa shape index (κ3) is 3.91. The number of nitrogens with one attached hydrogen (secondary N) is 1. The Bertz CT molecular complexity index is 396. The number of carbonyl (C=O) groups is 1. The van der Waals surface area contributed by atoms with E-state index in [9.17, 15) is 4.79 Å². The molecule has 2 heterocycles. The fraction of sp³-hybridized carbons (Fsp3) is 0.643. The van der Waals surface area contributed by atoms with Crippen LogP contribution < -0.4 is 5.32 Å². The van der Waals surface area contributed by atoms with Crippen molar-refractivity contribution in [2.75, 3.05) is 25.0 Å². The standard InChI is InChI=1S/C14H22N4O/c1-2-9-15-13-8-7-12(16-17-13)14(19)18-10-5-3-4-6-11-18/h7-8H,2-6,9-11H2,1H3,(H,15,17). The molecule has 1 saturated heterocycles. The van der Waals surface area contributed by atoms with Crippen LogP contribution in [0.5, 0.6) is 0 Å². The van der Waals surface area contributed by atoms with Gasteiger partial charge in [0, 0.05) is 19.6 Å². The van der Waals surface area contributed by atoms with Gasteiger partial charge in [0.1, 0.15) is 5.82 Å². The highest BCUT2D eigenvalue weighted by Crippen LogP contribution is 2.12. The fourth-order valence-electron chi connectivity index (χ4n) is 2.23. The largest absolute Gasteiger partial charge is 0.369 e. The monoisotopic (exact) mass is 262 g/mol. The summed E-state index contributed by atoms with van der Waals surface area (Å²) in [6, 6.07) is 3.59. The maximum atomic E-state index is 12.3. The second-order valence-electron chi connectivity index (χ2n) is 4.94. The van der Waals surface area contributed by atoms with Crippen LogP contribution in [0.15, 0.2) is 12.1 Å². The number of hydrogen-bond donors (Lipinski definition) is 1. The van der Waals surface area contributed by atoms with Gasteiger partial charge < -0.3 is 10.2 Å². The number of amides is 1. The third-order valence-corrected chi connectivity index (χ3v) is 3.33. The van der Waals surface area contributed by atoms with Gasteiger partial charge in [-0.2, -0.15) is 0 Å². The Morgan fingerprint density at radius 2 is 1.95 bits per heavy atom. The topological polar surface area (TPSA) is 58.1 Å². The van der Waals surface area contributed by atoms with Crippen molar-refractivity contribution < 1.29 is 4.79 Å². The zero-order chi connectivity index (χ0) is 13.5. The lowest BCUT2D eigenvalue weighted by molar-refractivity contribution is 0.0754. The van der Waals surface area contributed by atoms with Gasteiger partial charge in [-0.25, -0.2) is 0 Å². The summed E-state index contributed by atoms with van der Waals surface area (Å²) in [5.41, 5.74) is 0.448. The van der Waals surface area contributed by atoms with Crippen LogP contribution in [0, 0.1) is 0 Å². The highest BCUT2D eigenvalue weighted by molar-refractivity contribution is 5.92. The zero-order valence-electron chi connectivity index (χ0n) is 11.6. The minimum Gasteiger partial charge on any atom is -0.369 e. The lowest BCUT2D eigenvalue weighted by Gasteiger charge is -2.19. The molecule has 1 fully saturated rings. The molecule has 0 saturated carbocycles. The Kier molecular flexibility index (Phi) is 5.12. The summed E-state index contributed by atoms with van der Waals surface area (Å²) >= 11 is 0. The molecule has 0 spiro atoms. The molecule has 1 aliphatic rings. The van der Waals surface area contributed by atoms with Crippen molar-refractivity contribution in [2.24, 2.45) is 0 Å². The molecule has 2 rings (SSSR count). The Balaban J connectivity index is 1.98. The molecule has 1 amide bonds. The van der Waals surface area contributed by atoms with Gasteiger partial charge in [-0.3, -0.25) is 4.79 Å². The molecule has 0 aliphatic carbocycles. The van der Waals surface area contributed by atoms with E-state index in [1.54, 1.807) is 6.07 Å². The first-order valence-electron chi connectivity index (χ1n) is 7.18. The zero-order valence-corrected chi connectivity index (χ0v) is 11.6. The number of likely N-dealkylation sites (tertiary alicyclic amines) is 1. The van der Waals surface area contributed by atoms with Crippen LogP contribution in [0.3, 0.4) is 0 Å². The number of nitrogens with zero attached hydrogens (tertiary/aromatic N) is 3. The molecule has 0 atom stereocenters. The van der Waals surface area contributed by atoms with Gasteiger partial charge in [0.2, 0.25) is 0 Å². The molecule has 19 heavy (non-hydrogen) atoms. The van der Waals surface area contributed by atoms with Crippen molar-refractivity contribution in [1.29, 1.82) is 0 Å². The highest BCUT2D eigenvalue weighted by atomic mass is 16.2. The summed E-state index contributed by atoms with van der Waals surface area (Å²) in [6.07, 6.45) is 5.66. The van der Waals surface area contributed by atoms with Crippen LogP contribution in [-0.4, -0.2) is 40.6 Å². The quantitative estimate of drug-likeness (QED) is 0.904. The lowest BCUT2D eigenvalue weighted by atomic mass is 10.2. The first-order valence-corrected chi connectivity index (χ1v) is 7.18. The number of rotatable bonds is 4. The molecule has 104 valence electrons. The van der Waals surface area contributed by atoms with Gasteiger partial charge in [-0.05, 0) is 31.4 Å². The van der Waals surface area contributed by atoms with Crippen molar-refractivity contribution in [3.63, 3.8) is 0 Å². The van der Waals surface area contributed by atoms with Gasteiger partial charge in [-0.1, -0.05) is 19.8 Å². The first kappa shape index (κ1) is 13.8. The van der Waals surface area contributed by atoms with Crippen LogP contribution in [0.1, 0.15) is 49.5 Å². The van der Waals surface area contributed by atoms with E-state index >= 15 is 0 Å². The molecule has 5 heteroatoms. The van der Waals surface area contributed by atoms with Crippen LogP contribution in [0.2, 0.25) is 0 Å². The summed E-state index contributed by atoms with van der Waals surface area (Å²) < 4.78 is 0. The second kappa shape index (κ2) is 7.07. The summed E-state index contributed by atoms with van der Waals surface area (Å²) in [4.78, 5) is 14.2. The molecular weight excluding hydrogens is 240 g/mol. The van der Waals surface area contributed by atoms with E-state index in [-0.39, 0.29) is 5.91 Å². The van der Waals surface area contributed by atoms with E-state index in [0.29, 0.717) is 5.69 Å². The number of hydrogen-bond acceptors (Lipinski definition) is 4. The average Bonchev–Trinajstić information content (AvgIpc) is 2.74. The molecule has 5 nitrogen and oxygen atoms in total. The van der Waals surface area contributed by atoms with E-state index < -0.39 is 0 Å². The van der Waals surface area contributed by atoms with Crippen LogP contribution in [0.4, 0.5) is 5.82 Å². The summed E-state index contributed by atoms with van der Waals surface area (Å²) in [5.74, 6) is 0.741. The predicted molar refractivity (Wildman–Crippen MR) is 75.2 cm³/mol. The molecule has 0 aromatic carbocycles. The summed E-state index contributed by atoms with van der Waals surface area (Å²) in [5, 5.41) is 11.2. The highest BCUT2D eigenvalue weighted by Gasteiger charge is 2.18. The molecular formula is C14H22N4O. The normalized spacial score (nSPS) is 15.9. The van der Waals surface area contributed by atoms with Crippen LogP contribution in [-0.2, 0) is 0 Å². The Morgan fingerprint density at radius 1 is 1.21 bits per heavy atom. The van der Waals surface area contributed by atoms with Gasteiger partial charge in [-0.15, -0.1) is 10.2 Å². The minimum atomic E-state index is 0.0106. The fourth-order valence-corrected chi connectivity index (χ4v) is 2.23. The number of carbonyl (C=O) groups excluding carboxylic acids is 1. The van der Waals surface area contributed by atoms with Crippen LogP contribution in [0.25, 0.3) is 0 Å². The molecule has 1 aromatic heterocycles. The Morgan fingerprint density at radius 3 is 2.53 bits per heavy atom. The van der Waals surface area contributed by atoms with Gasteiger partial charge in [0.25, 0.3) is 5.91 Å². The Hall–Kier alpha value is -1.65. The number of anilines is 1. The van der Waals surface area contributed by atoms with Crippen molar-refractivity contribution in [2.45, 2.75) is 39.0 Å².